The minimum Gasteiger partial charge on any atom is -0.412 e. The second-order valence-corrected chi connectivity index (χ2v) is 2.37. The third kappa shape index (κ3) is 2.15. The first-order chi connectivity index (χ1) is 5.25. The Labute approximate surface area is 74.3 Å². The van der Waals surface area contributed by atoms with Crippen molar-refractivity contribution in [1.29, 1.82) is 0 Å². The lowest BCUT2D eigenvalue weighted by Crippen LogP contribution is -1.99. The number of aldehydes is 1. The smallest absolute Gasteiger partial charge is 0.226 e. The molecule has 0 aliphatic carbocycles. The van der Waals surface area contributed by atoms with Crippen LogP contribution in [0.5, 0.6) is 0 Å². The second-order valence-electron chi connectivity index (χ2n) is 1.96. The van der Waals surface area contributed by atoms with Gasteiger partial charge in [0, 0.05) is 5.56 Å². The van der Waals surface area contributed by atoms with E-state index in [2.05, 4.69) is 0 Å². The second kappa shape index (κ2) is 4.64. The van der Waals surface area contributed by atoms with Gasteiger partial charge in [0.15, 0.2) is 6.29 Å². The molecule has 12 heavy (non-hydrogen) atoms. The highest BCUT2D eigenvalue weighted by Crippen LogP contribution is 2.14. The normalized spacial score (nSPS) is 8.42. The number of Topliss-reactive ketones (excluding diaryl/α,β-unsaturated/α-hetero) is 1. The van der Waals surface area contributed by atoms with Gasteiger partial charge in [-0.05, 0) is 12.1 Å². The van der Waals surface area contributed by atoms with Gasteiger partial charge in [-0.1, -0.05) is 23.7 Å². The molecule has 0 bridgehead atoms. The average Bonchev–Trinajstić information content (AvgIpc) is 2.04. The maximum Gasteiger partial charge on any atom is 0.226 e. The summed E-state index contributed by atoms with van der Waals surface area (Å²) in [6.07, 6.45) is 0.251. The highest BCUT2D eigenvalue weighted by molar-refractivity contribution is 6.41. The summed E-state index contributed by atoms with van der Waals surface area (Å²) < 4.78 is 0. The summed E-state index contributed by atoms with van der Waals surface area (Å²) in [6, 6.07) is 6.43. The van der Waals surface area contributed by atoms with Crippen molar-refractivity contribution in [3.8, 4) is 0 Å². The molecule has 0 aliphatic rings. The van der Waals surface area contributed by atoms with E-state index in [1.165, 1.54) is 6.07 Å². The summed E-state index contributed by atoms with van der Waals surface area (Å²) in [5.41, 5.74) is 0.254. The Kier molecular flexibility index (Phi) is 4.18. The summed E-state index contributed by atoms with van der Waals surface area (Å²) >= 11 is 5.62. The molecule has 3 nitrogen and oxygen atoms in total. The Hall–Kier alpha value is -1.19. The molecule has 0 saturated carbocycles. The standard InChI is InChI=1S/C8H5ClO2.H2O/c9-7-4-2-1-3-6(7)8(11)5-10;/h1-5H;1H2. The Morgan fingerprint density at radius 3 is 2.42 bits per heavy atom. The quantitative estimate of drug-likeness (QED) is 0.391. The number of rotatable bonds is 2. The molecule has 0 aliphatic heterocycles. The topological polar surface area (TPSA) is 65.6 Å². The van der Waals surface area contributed by atoms with Crippen molar-refractivity contribution in [1.82, 2.24) is 0 Å². The van der Waals surface area contributed by atoms with E-state index in [4.69, 9.17) is 11.6 Å². The van der Waals surface area contributed by atoms with Crippen molar-refractivity contribution in [2.24, 2.45) is 0 Å². The zero-order chi connectivity index (χ0) is 8.27. The number of benzene rings is 1. The van der Waals surface area contributed by atoms with E-state index in [1.807, 2.05) is 0 Å². The van der Waals surface area contributed by atoms with Crippen molar-refractivity contribution < 1.29 is 15.1 Å². The van der Waals surface area contributed by atoms with Crippen LogP contribution in [0.2, 0.25) is 5.02 Å². The summed E-state index contributed by atoms with van der Waals surface area (Å²) in [6.45, 7) is 0. The Bertz CT molecular complexity index is 296. The summed E-state index contributed by atoms with van der Waals surface area (Å²) in [4.78, 5) is 20.8. The van der Waals surface area contributed by atoms with Crippen LogP contribution in [0.4, 0.5) is 0 Å². The van der Waals surface area contributed by atoms with Gasteiger partial charge in [0.1, 0.15) is 0 Å². The Balaban J connectivity index is 0.00000121. The van der Waals surface area contributed by atoms with Gasteiger partial charge in [-0.25, -0.2) is 0 Å². The number of hydrogen-bond acceptors (Lipinski definition) is 2. The van der Waals surface area contributed by atoms with Crippen LogP contribution in [0.25, 0.3) is 0 Å². The minimum atomic E-state index is -0.587. The molecule has 0 heterocycles. The van der Waals surface area contributed by atoms with Crippen molar-refractivity contribution in [2.45, 2.75) is 0 Å². The first-order valence-corrected chi connectivity index (χ1v) is 3.37. The molecule has 0 radical (unpaired) electrons. The lowest BCUT2D eigenvalue weighted by molar-refractivity contribution is -0.104. The highest BCUT2D eigenvalue weighted by atomic mass is 35.5. The van der Waals surface area contributed by atoms with Crippen molar-refractivity contribution in [3.63, 3.8) is 0 Å². The molecular weight excluding hydrogens is 180 g/mol. The maximum absolute atomic E-state index is 10.8. The van der Waals surface area contributed by atoms with Crippen LogP contribution >= 0.6 is 11.6 Å². The number of carbonyl (C=O) groups is 2. The predicted molar refractivity (Wildman–Crippen MR) is 45.5 cm³/mol. The van der Waals surface area contributed by atoms with E-state index in [9.17, 15) is 9.59 Å². The van der Waals surface area contributed by atoms with Gasteiger partial charge in [0.05, 0.1) is 5.02 Å². The third-order valence-electron chi connectivity index (χ3n) is 1.25. The fourth-order valence-electron chi connectivity index (χ4n) is 0.725. The molecule has 2 N–H and O–H groups in total. The van der Waals surface area contributed by atoms with Gasteiger partial charge < -0.3 is 5.48 Å². The predicted octanol–water partition coefficient (Wildman–Crippen LogP) is 0.897. The summed E-state index contributed by atoms with van der Waals surface area (Å²) in [7, 11) is 0. The van der Waals surface area contributed by atoms with Crippen LogP contribution in [0.15, 0.2) is 24.3 Å². The first kappa shape index (κ1) is 10.8. The molecule has 1 aromatic rings. The molecule has 1 aromatic carbocycles. The summed E-state index contributed by atoms with van der Waals surface area (Å²) in [5.74, 6) is -0.587. The van der Waals surface area contributed by atoms with E-state index in [0.717, 1.165) is 0 Å². The number of carbonyl (C=O) groups excluding carboxylic acids is 2. The highest BCUT2D eigenvalue weighted by Gasteiger charge is 2.06. The van der Waals surface area contributed by atoms with Gasteiger partial charge in [0.2, 0.25) is 5.78 Å². The van der Waals surface area contributed by atoms with Crippen LogP contribution in [-0.4, -0.2) is 17.5 Å². The number of hydrogen-bond donors (Lipinski definition) is 0. The SMILES string of the molecule is O.O=CC(=O)c1ccccc1Cl. The number of halogens is 1. The van der Waals surface area contributed by atoms with Crippen molar-refractivity contribution in [2.75, 3.05) is 0 Å². The molecule has 64 valence electrons. The van der Waals surface area contributed by atoms with Gasteiger partial charge in [0.25, 0.3) is 0 Å². The van der Waals surface area contributed by atoms with E-state index in [-0.39, 0.29) is 17.3 Å². The largest absolute Gasteiger partial charge is 0.412 e. The van der Waals surface area contributed by atoms with Crippen LogP contribution in [0, 0.1) is 0 Å². The Morgan fingerprint density at radius 1 is 1.33 bits per heavy atom. The van der Waals surface area contributed by atoms with Crippen LogP contribution in [0.1, 0.15) is 10.4 Å². The van der Waals surface area contributed by atoms with E-state index >= 15 is 0 Å². The Morgan fingerprint density at radius 2 is 1.92 bits per heavy atom. The molecule has 4 heteroatoms. The van der Waals surface area contributed by atoms with Crippen LogP contribution in [-0.2, 0) is 4.79 Å². The summed E-state index contributed by atoms with van der Waals surface area (Å²) in [5, 5.41) is 0.310. The van der Waals surface area contributed by atoms with Crippen molar-refractivity contribution in [3.05, 3.63) is 34.9 Å². The lowest BCUT2D eigenvalue weighted by Gasteiger charge is -1.94. The molecule has 1 rings (SSSR count). The molecule has 0 atom stereocenters. The molecule has 0 fully saturated rings. The maximum atomic E-state index is 10.8. The van der Waals surface area contributed by atoms with Gasteiger partial charge in [-0.2, -0.15) is 0 Å². The minimum absolute atomic E-state index is 0. The van der Waals surface area contributed by atoms with Gasteiger partial charge >= 0.3 is 0 Å². The van der Waals surface area contributed by atoms with Gasteiger partial charge in [-0.15, -0.1) is 0 Å². The first-order valence-electron chi connectivity index (χ1n) is 2.99. The molecule has 0 aromatic heterocycles. The van der Waals surface area contributed by atoms with Gasteiger partial charge in [-0.3, -0.25) is 9.59 Å². The number of ketones is 1. The lowest BCUT2D eigenvalue weighted by atomic mass is 10.1. The average molecular weight is 187 g/mol. The van der Waals surface area contributed by atoms with E-state index in [0.29, 0.717) is 5.02 Å². The fraction of sp³-hybridized carbons (Fsp3) is 0. The molecule has 0 spiro atoms. The molecular formula is C8H7ClO3. The third-order valence-corrected chi connectivity index (χ3v) is 1.58. The molecule has 0 saturated heterocycles. The van der Waals surface area contributed by atoms with Crippen LogP contribution in [0.3, 0.4) is 0 Å². The molecule has 0 amide bonds. The van der Waals surface area contributed by atoms with E-state index in [1.54, 1.807) is 18.2 Å². The monoisotopic (exact) mass is 186 g/mol. The van der Waals surface area contributed by atoms with Crippen molar-refractivity contribution >= 4 is 23.7 Å². The van der Waals surface area contributed by atoms with Crippen LogP contribution < -0.4 is 0 Å². The molecule has 0 unspecified atom stereocenters. The zero-order valence-corrected chi connectivity index (χ0v) is 6.84. The fourth-order valence-corrected chi connectivity index (χ4v) is 0.953. The van der Waals surface area contributed by atoms with E-state index < -0.39 is 5.78 Å². The zero-order valence-electron chi connectivity index (χ0n) is 6.08.